The van der Waals surface area contributed by atoms with E-state index in [2.05, 4.69) is 9.97 Å². The van der Waals surface area contributed by atoms with Crippen molar-refractivity contribution in [2.75, 3.05) is 0 Å². The molecule has 0 fully saturated rings. The van der Waals surface area contributed by atoms with E-state index in [9.17, 15) is 13.6 Å². The van der Waals surface area contributed by atoms with Crippen LogP contribution in [0.5, 0.6) is 11.6 Å². The van der Waals surface area contributed by atoms with Gasteiger partial charge in [-0.25, -0.2) is 13.8 Å². The number of hydrogen-bond donors (Lipinski definition) is 1. The summed E-state index contributed by atoms with van der Waals surface area (Å²) in [5, 5.41) is 0.705. The Kier molecular flexibility index (Phi) is 3.76. The molecule has 0 atom stereocenters. The molecular weight excluding hydrogens is 340 g/mol. The van der Waals surface area contributed by atoms with E-state index in [0.717, 1.165) is 18.2 Å². The topological polar surface area (TPSA) is 59.9 Å². The van der Waals surface area contributed by atoms with Gasteiger partial charge in [-0.3, -0.25) is 4.79 Å². The molecule has 26 heavy (non-hydrogen) atoms. The monoisotopic (exact) mass is 353 g/mol. The van der Waals surface area contributed by atoms with E-state index >= 15 is 0 Å². The van der Waals surface area contributed by atoms with Gasteiger partial charge in [0, 0.05) is 60.4 Å². The van der Waals surface area contributed by atoms with Crippen molar-refractivity contribution < 1.29 is 13.5 Å². The second-order valence-electron chi connectivity index (χ2n) is 5.79. The van der Waals surface area contributed by atoms with E-state index < -0.39 is 11.6 Å². The van der Waals surface area contributed by atoms with E-state index in [1.807, 2.05) is 0 Å². The van der Waals surface area contributed by atoms with Crippen molar-refractivity contribution in [3.05, 3.63) is 77.0 Å². The molecule has 3 heterocycles. The van der Waals surface area contributed by atoms with Crippen LogP contribution in [0, 0.1) is 11.6 Å². The zero-order valence-electron chi connectivity index (χ0n) is 13.7. The lowest BCUT2D eigenvalue weighted by atomic mass is 10.1. The van der Waals surface area contributed by atoms with Gasteiger partial charge >= 0.3 is 0 Å². The van der Waals surface area contributed by atoms with Crippen molar-refractivity contribution in [2.24, 2.45) is 7.05 Å². The summed E-state index contributed by atoms with van der Waals surface area (Å²) in [7, 11) is 1.67. The van der Waals surface area contributed by atoms with Gasteiger partial charge in [0.25, 0.3) is 5.56 Å². The number of hydrogen-bond acceptors (Lipinski definition) is 3. The molecule has 5 nitrogen and oxygen atoms in total. The molecule has 7 heteroatoms. The SMILES string of the molecule is Cn1ccc2c(-c3cccnc3Oc3cc(F)cc(F)c3)c[nH]c2c1=O. The van der Waals surface area contributed by atoms with Crippen LogP contribution in [0.25, 0.3) is 22.0 Å². The number of nitrogens with one attached hydrogen (secondary N) is 1. The maximum atomic E-state index is 13.4. The second kappa shape index (κ2) is 6.11. The minimum atomic E-state index is -0.743. The highest BCUT2D eigenvalue weighted by molar-refractivity contribution is 5.96. The highest BCUT2D eigenvalue weighted by Crippen LogP contribution is 2.35. The molecule has 130 valence electrons. The quantitative estimate of drug-likeness (QED) is 0.606. The van der Waals surface area contributed by atoms with Crippen LogP contribution in [0.3, 0.4) is 0 Å². The van der Waals surface area contributed by atoms with Gasteiger partial charge in [0.15, 0.2) is 0 Å². The molecule has 3 aromatic heterocycles. The Morgan fingerprint density at radius 2 is 1.88 bits per heavy atom. The molecule has 0 spiro atoms. The summed E-state index contributed by atoms with van der Waals surface area (Å²) < 4.78 is 33.9. The molecule has 0 saturated carbocycles. The lowest BCUT2D eigenvalue weighted by Crippen LogP contribution is -2.15. The van der Waals surface area contributed by atoms with Crippen molar-refractivity contribution in [3.8, 4) is 22.8 Å². The summed E-state index contributed by atoms with van der Waals surface area (Å²) >= 11 is 0. The zero-order chi connectivity index (χ0) is 18.3. The molecule has 0 aliphatic heterocycles. The fraction of sp³-hybridized carbons (Fsp3) is 0.0526. The van der Waals surface area contributed by atoms with Gasteiger partial charge in [-0.05, 0) is 18.2 Å². The van der Waals surface area contributed by atoms with Crippen molar-refractivity contribution >= 4 is 10.9 Å². The van der Waals surface area contributed by atoms with Gasteiger partial charge in [0.1, 0.15) is 22.9 Å². The fourth-order valence-corrected chi connectivity index (χ4v) is 2.81. The van der Waals surface area contributed by atoms with Gasteiger partial charge in [-0.1, -0.05) is 0 Å². The lowest BCUT2D eigenvalue weighted by molar-refractivity contribution is 0.453. The number of aromatic amines is 1. The van der Waals surface area contributed by atoms with Gasteiger partial charge in [0.2, 0.25) is 5.88 Å². The van der Waals surface area contributed by atoms with Gasteiger partial charge < -0.3 is 14.3 Å². The fourth-order valence-electron chi connectivity index (χ4n) is 2.81. The maximum absolute atomic E-state index is 13.4. The number of aryl methyl sites for hydroxylation is 1. The molecule has 0 bridgehead atoms. The number of ether oxygens (including phenoxy) is 1. The largest absolute Gasteiger partial charge is 0.438 e. The summed E-state index contributed by atoms with van der Waals surface area (Å²) in [5.74, 6) is -1.31. The summed E-state index contributed by atoms with van der Waals surface area (Å²) in [4.78, 5) is 19.4. The minimum absolute atomic E-state index is 0.00166. The van der Waals surface area contributed by atoms with Gasteiger partial charge in [-0.15, -0.1) is 0 Å². The van der Waals surface area contributed by atoms with E-state index in [0.29, 0.717) is 22.0 Å². The number of halogens is 2. The molecule has 1 aromatic carbocycles. The van der Waals surface area contributed by atoms with Crippen LogP contribution in [-0.4, -0.2) is 14.5 Å². The molecule has 1 N–H and O–H groups in total. The van der Waals surface area contributed by atoms with E-state index in [4.69, 9.17) is 4.74 Å². The molecule has 0 saturated heterocycles. The number of pyridine rings is 2. The van der Waals surface area contributed by atoms with Crippen molar-refractivity contribution in [1.29, 1.82) is 0 Å². The van der Waals surface area contributed by atoms with E-state index in [1.165, 1.54) is 10.8 Å². The van der Waals surface area contributed by atoms with Crippen LogP contribution in [-0.2, 0) is 7.05 Å². The number of benzene rings is 1. The standard InChI is InChI=1S/C19H13F2N3O2/c1-24-6-4-14-16(10-23-17(14)19(24)25)15-3-2-5-22-18(15)26-13-8-11(20)7-12(21)9-13/h2-10,23H,1H3. The zero-order valence-corrected chi connectivity index (χ0v) is 13.7. The third kappa shape index (κ3) is 2.73. The van der Waals surface area contributed by atoms with Crippen LogP contribution in [0.2, 0.25) is 0 Å². The second-order valence-corrected chi connectivity index (χ2v) is 5.79. The molecule has 4 rings (SSSR count). The minimum Gasteiger partial charge on any atom is -0.438 e. The smallest absolute Gasteiger partial charge is 0.274 e. The predicted octanol–water partition coefficient (Wildman–Crippen LogP) is 4.00. The van der Waals surface area contributed by atoms with Crippen LogP contribution >= 0.6 is 0 Å². The maximum Gasteiger partial charge on any atom is 0.274 e. The third-order valence-corrected chi connectivity index (χ3v) is 4.03. The molecular formula is C19H13F2N3O2. The van der Waals surface area contributed by atoms with Crippen LogP contribution < -0.4 is 10.3 Å². The van der Waals surface area contributed by atoms with Crippen LogP contribution in [0.4, 0.5) is 8.78 Å². The Balaban J connectivity index is 1.84. The number of aromatic nitrogens is 3. The molecule has 0 aliphatic carbocycles. The van der Waals surface area contributed by atoms with Gasteiger partial charge in [-0.2, -0.15) is 0 Å². The normalized spacial score (nSPS) is 11.0. The Labute approximate surface area is 146 Å². The molecule has 0 radical (unpaired) electrons. The van der Waals surface area contributed by atoms with Crippen molar-refractivity contribution in [3.63, 3.8) is 0 Å². The van der Waals surface area contributed by atoms with Crippen molar-refractivity contribution in [1.82, 2.24) is 14.5 Å². The average molecular weight is 353 g/mol. The predicted molar refractivity (Wildman–Crippen MR) is 93.2 cm³/mol. The first kappa shape index (κ1) is 16.0. The Morgan fingerprint density at radius 1 is 1.12 bits per heavy atom. The van der Waals surface area contributed by atoms with Crippen molar-refractivity contribution in [2.45, 2.75) is 0 Å². The summed E-state index contributed by atoms with van der Waals surface area (Å²) in [6.45, 7) is 0. The molecule has 0 unspecified atom stereocenters. The number of fused-ring (bicyclic) bond motifs is 1. The number of H-pyrrole nitrogens is 1. The third-order valence-electron chi connectivity index (χ3n) is 4.03. The summed E-state index contributed by atoms with van der Waals surface area (Å²) in [6, 6.07) is 8.20. The van der Waals surface area contributed by atoms with Gasteiger partial charge in [0.05, 0.1) is 0 Å². The van der Waals surface area contributed by atoms with Crippen LogP contribution in [0.1, 0.15) is 0 Å². The first-order valence-corrected chi connectivity index (χ1v) is 7.79. The molecule has 4 aromatic rings. The number of nitrogens with zero attached hydrogens (tertiary/aromatic N) is 2. The van der Waals surface area contributed by atoms with E-state index in [1.54, 1.807) is 37.6 Å². The molecule has 0 aliphatic rings. The highest BCUT2D eigenvalue weighted by Gasteiger charge is 2.15. The first-order valence-electron chi connectivity index (χ1n) is 7.79. The number of rotatable bonds is 3. The Morgan fingerprint density at radius 3 is 2.65 bits per heavy atom. The summed E-state index contributed by atoms with van der Waals surface area (Å²) in [6.07, 6.45) is 4.87. The Hall–Kier alpha value is -3.48. The van der Waals surface area contributed by atoms with Crippen LogP contribution in [0.15, 0.2) is 59.8 Å². The average Bonchev–Trinajstić information content (AvgIpc) is 3.02. The highest BCUT2D eigenvalue weighted by atomic mass is 19.1. The first-order chi connectivity index (χ1) is 12.5. The van der Waals surface area contributed by atoms with E-state index in [-0.39, 0.29) is 17.2 Å². The molecule has 0 amide bonds. The Bertz CT molecular complexity index is 1160. The lowest BCUT2D eigenvalue weighted by Gasteiger charge is -2.10. The summed E-state index contributed by atoms with van der Waals surface area (Å²) in [5.41, 5.74) is 1.60.